The number of pyridine rings is 2. The lowest BCUT2D eigenvalue weighted by Gasteiger charge is -2.04. The maximum atomic E-state index is 2.41. The average molecular weight is 435 g/mol. The fourth-order valence-corrected chi connectivity index (χ4v) is 4.80. The molecule has 0 saturated heterocycles. The normalized spacial score (nSPS) is 19.8. The summed E-state index contributed by atoms with van der Waals surface area (Å²) in [5.74, 6) is 0. The van der Waals surface area contributed by atoms with Gasteiger partial charge < -0.3 is 0 Å². The van der Waals surface area contributed by atoms with Crippen LogP contribution in [0.15, 0.2) is 61.2 Å². The molecule has 2 aromatic rings. The van der Waals surface area contributed by atoms with Crippen LogP contribution in [-0.4, -0.2) is 0 Å². The Balaban J connectivity index is 1.45. The van der Waals surface area contributed by atoms with Gasteiger partial charge in [0.2, 0.25) is 0 Å². The molecule has 3 rings (SSSR count). The van der Waals surface area contributed by atoms with Crippen molar-refractivity contribution in [2.45, 2.75) is 116 Å². The molecule has 0 atom stereocenters. The van der Waals surface area contributed by atoms with Gasteiger partial charge in [-0.2, -0.15) is 0 Å². The van der Waals surface area contributed by atoms with E-state index in [0.717, 1.165) is 6.54 Å². The zero-order valence-electron chi connectivity index (χ0n) is 20.4. The first-order valence-corrected chi connectivity index (χ1v) is 13.5. The quantitative estimate of drug-likeness (QED) is 0.309. The minimum Gasteiger partial charge on any atom is -0.205 e. The third-order valence-corrected chi connectivity index (χ3v) is 6.76. The van der Waals surface area contributed by atoms with Crippen molar-refractivity contribution in [3.63, 3.8) is 0 Å². The van der Waals surface area contributed by atoms with Crippen molar-refractivity contribution in [1.82, 2.24) is 0 Å². The molecule has 2 aromatic heterocycles. The maximum Gasteiger partial charge on any atom is 0.171 e. The lowest BCUT2D eigenvalue weighted by atomic mass is 10.0. The summed E-state index contributed by atoms with van der Waals surface area (Å²) in [7, 11) is 0. The van der Waals surface area contributed by atoms with Gasteiger partial charge in [-0.05, 0) is 69.9 Å². The van der Waals surface area contributed by atoms with E-state index in [1.807, 2.05) is 0 Å². The number of aryl methyl sites for hydroxylation is 4. The largest absolute Gasteiger partial charge is 0.205 e. The van der Waals surface area contributed by atoms with Gasteiger partial charge in [0.1, 0.15) is 13.1 Å². The maximum absolute atomic E-state index is 2.41. The molecule has 0 fully saturated rings. The molecule has 0 radical (unpaired) electrons. The highest BCUT2D eigenvalue weighted by Crippen LogP contribution is 2.11. The highest BCUT2D eigenvalue weighted by atomic mass is 14.9. The molecule has 0 amide bonds. The summed E-state index contributed by atoms with van der Waals surface area (Å²) >= 11 is 0. The summed E-state index contributed by atoms with van der Waals surface area (Å²) < 4.78 is 4.81. The van der Waals surface area contributed by atoms with Gasteiger partial charge in [0.25, 0.3) is 0 Å². The van der Waals surface area contributed by atoms with Crippen LogP contribution in [0.1, 0.15) is 101 Å². The molecular formula is C30H46N2+2. The Morgan fingerprint density at radius 2 is 0.938 bits per heavy atom. The number of hydrogen-bond donors (Lipinski definition) is 0. The summed E-state index contributed by atoms with van der Waals surface area (Å²) in [4.78, 5) is 0. The Bertz CT molecular complexity index is 780. The van der Waals surface area contributed by atoms with Crippen LogP contribution in [-0.2, 0) is 25.9 Å². The van der Waals surface area contributed by atoms with Crippen molar-refractivity contribution < 1.29 is 9.13 Å². The highest BCUT2D eigenvalue weighted by Gasteiger charge is 2.05. The molecule has 0 unspecified atom stereocenters. The zero-order chi connectivity index (χ0) is 22.1. The molecular weight excluding hydrogens is 388 g/mol. The molecule has 1 aliphatic rings. The van der Waals surface area contributed by atoms with E-state index >= 15 is 0 Å². The van der Waals surface area contributed by atoms with Crippen molar-refractivity contribution >= 4 is 0 Å². The average Bonchev–Trinajstić information content (AvgIpc) is 2.81. The van der Waals surface area contributed by atoms with Gasteiger partial charge in [-0.1, -0.05) is 44.3 Å². The summed E-state index contributed by atoms with van der Waals surface area (Å²) in [6, 6.07) is 9.07. The first-order chi connectivity index (χ1) is 15.9. The minimum absolute atomic E-state index is 1.16. The summed E-state index contributed by atoms with van der Waals surface area (Å²) in [5.41, 5.74) is 3.00. The predicted octanol–water partition coefficient (Wildman–Crippen LogP) is 7.08. The highest BCUT2D eigenvalue weighted by molar-refractivity contribution is 5.06. The fourth-order valence-electron chi connectivity index (χ4n) is 4.80. The van der Waals surface area contributed by atoms with E-state index in [2.05, 4.69) is 70.3 Å². The second-order valence-electron chi connectivity index (χ2n) is 9.69. The summed E-state index contributed by atoms with van der Waals surface area (Å²) in [6.45, 7) is 2.33. The molecule has 0 aliphatic carbocycles. The third kappa shape index (κ3) is 10.6. The molecule has 4 bridgehead atoms. The molecule has 32 heavy (non-hydrogen) atoms. The summed E-state index contributed by atoms with van der Waals surface area (Å²) in [5, 5.41) is 0. The van der Waals surface area contributed by atoms with Crippen LogP contribution < -0.4 is 9.13 Å². The lowest BCUT2D eigenvalue weighted by molar-refractivity contribution is -0.697. The van der Waals surface area contributed by atoms with Crippen molar-refractivity contribution in [1.29, 1.82) is 0 Å². The first kappa shape index (κ1) is 24.7. The van der Waals surface area contributed by atoms with Gasteiger partial charge in [-0.3, -0.25) is 0 Å². The zero-order valence-corrected chi connectivity index (χ0v) is 20.4. The van der Waals surface area contributed by atoms with Gasteiger partial charge in [-0.25, -0.2) is 9.13 Å². The molecule has 2 nitrogen and oxygen atoms in total. The van der Waals surface area contributed by atoms with E-state index in [4.69, 9.17) is 0 Å². The van der Waals surface area contributed by atoms with Crippen molar-refractivity contribution in [2.24, 2.45) is 0 Å². The van der Waals surface area contributed by atoms with Crippen molar-refractivity contribution in [3.8, 4) is 0 Å². The van der Waals surface area contributed by atoms with Gasteiger partial charge in [0.05, 0.1) is 0 Å². The monoisotopic (exact) mass is 434 g/mol. The van der Waals surface area contributed by atoms with Crippen LogP contribution in [0.3, 0.4) is 0 Å². The molecule has 0 N–H and O–H groups in total. The van der Waals surface area contributed by atoms with Crippen LogP contribution >= 0.6 is 0 Å². The second kappa shape index (κ2) is 15.8. The van der Waals surface area contributed by atoms with E-state index in [0.29, 0.717) is 0 Å². The molecule has 0 saturated carbocycles. The van der Waals surface area contributed by atoms with Gasteiger partial charge in [0, 0.05) is 36.1 Å². The van der Waals surface area contributed by atoms with E-state index in [1.54, 1.807) is 0 Å². The Labute approximate surface area is 197 Å². The number of hydrogen-bond acceptors (Lipinski definition) is 0. The van der Waals surface area contributed by atoms with E-state index in [1.165, 1.54) is 120 Å². The molecule has 174 valence electrons. The second-order valence-corrected chi connectivity index (χ2v) is 9.69. The number of allylic oxidation sites excluding steroid dienone is 2. The van der Waals surface area contributed by atoms with Crippen molar-refractivity contribution in [2.75, 3.05) is 0 Å². The van der Waals surface area contributed by atoms with Crippen LogP contribution in [0, 0.1) is 0 Å². The van der Waals surface area contributed by atoms with E-state index in [-0.39, 0.29) is 0 Å². The van der Waals surface area contributed by atoms with Crippen molar-refractivity contribution in [3.05, 3.63) is 72.3 Å². The Kier molecular flexibility index (Phi) is 12.2. The molecule has 0 aromatic carbocycles. The smallest absolute Gasteiger partial charge is 0.171 e. The number of nitrogens with zero attached hydrogens (tertiary/aromatic N) is 2. The Morgan fingerprint density at radius 1 is 0.469 bits per heavy atom. The van der Waals surface area contributed by atoms with Crippen LogP contribution in [0.5, 0.6) is 0 Å². The first-order valence-electron chi connectivity index (χ1n) is 13.5. The topological polar surface area (TPSA) is 7.76 Å². The fraction of sp³-hybridized carbons (Fsp3) is 0.600. The van der Waals surface area contributed by atoms with Gasteiger partial charge in [-0.15, -0.1) is 0 Å². The third-order valence-electron chi connectivity index (χ3n) is 6.76. The van der Waals surface area contributed by atoms with Gasteiger partial charge in [0.15, 0.2) is 24.8 Å². The van der Waals surface area contributed by atoms with Crippen LogP contribution in [0.25, 0.3) is 0 Å². The Hall–Kier alpha value is -1.96. The molecule has 0 spiro atoms. The standard InChI is InChI=1S/C30H46N2/c1-3-7-11-15-23-31-25-18-22-30(28-31)20-14-10-6-2-4-8-12-16-24-32-26-17-21-29(27-32)19-13-9-5-1/h1,5,17-18,21-22,25-28H,2-4,6-16,19-20,23-24H2/q+2/b5-1+. The van der Waals surface area contributed by atoms with E-state index < -0.39 is 0 Å². The minimum atomic E-state index is 1.16. The molecule has 1 aliphatic heterocycles. The van der Waals surface area contributed by atoms with E-state index in [9.17, 15) is 0 Å². The number of rotatable bonds is 0. The molecule has 2 heteroatoms. The summed E-state index contributed by atoms with van der Waals surface area (Å²) in [6.07, 6.45) is 35.1. The predicted molar refractivity (Wildman–Crippen MR) is 134 cm³/mol. The number of fused-ring (bicyclic) bond motifs is 4. The van der Waals surface area contributed by atoms with Gasteiger partial charge >= 0.3 is 0 Å². The Morgan fingerprint density at radius 3 is 1.56 bits per heavy atom. The lowest BCUT2D eigenvalue weighted by Crippen LogP contribution is -2.33. The van der Waals surface area contributed by atoms with Crippen LogP contribution in [0.2, 0.25) is 0 Å². The SMILES string of the molecule is C1=C/CCCc2ccc[n+](c2)CCCCCCCCCCc2ccc[n+](c2)CCCCC/1. The van der Waals surface area contributed by atoms with Crippen LogP contribution in [0.4, 0.5) is 0 Å². The molecule has 3 heterocycles. The number of aromatic nitrogens is 2.